The summed E-state index contributed by atoms with van der Waals surface area (Å²) in [7, 11) is -3.95. The Hall–Kier alpha value is -4.15. The number of urea groups is 2. The van der Waals surface area contributed by atoms with Crippen molar-refractivity contribution in [1.82, 2.24) is 14.7 Å². The van der Waals surface area contributed by atoms with Gasteiger partial charge in [0.15, 0.2) is 9.84 Å². The van der Waals surface area contributed by atoms with Gasteiger partial charge < -0.3 is 15.2 Å². The number of nitrogens with one attached hydrogen (secondary N) is 1. The molecule has 0 aromatic heterocycles. The van der Waals surface area contributed by atoms with E-state index in [9.17, 15) is 32.0 Å². The number of benzene rings is 2. The highest BCUT2D eigenvalue weighted by Crippen LogP contribution is 2.42. The Morgan fingerprint density at radius 2 is 1.77 bits per heavy atom. The van der Waals surface area contributed by atoms with Crippen molar-refractivity contribution in [1.29, 1.82) is 10.7 Å². The molecule has 3 aliphatic heterocycles. The Balaban J connectivity index is 1.64. The molecule has 13 heteroatoms. The molecule has 10 nitrogen and oxygen atoms in total. The Morgan fingerprint density at radius 1 is 1.09 bits per heavy atom. The zero-order valence-corrected chi connectivity index (χ0v) is 25.4. The molecule has 3 aliphatic rings. The van der Waals surface area contributed by atoms with Gasteiger partial charge in [0, 0.05) is 42.9 Å². The second-order valence-corrected chi connectivity index (χ2v) is 13.3. The molecule has 44 heavy (non-hydrogen) atoms. The van der Waals surface area contributed by atoms with Crippen LogP contribution in [0.3, 0.4) is 0 Å². The first-order chi connectivity index (χ1) is 21.0. The van der Waals surface area contributed by atoms with E-state index in [1.807, 2.05) is 0 Å². The molecule has 0 aliphatic carbocycles. The van der Waals surface area contributed by atoms with Crippen LogP contribution in [-0.4, -0.2) is 79.9 Å². The third kappa shape index (κ3) is 5.84. The Morgan fingerprint density at radius 3 is 2.36 bits per heavy atom. The van der Waals surface area contributed by atoms with E-state index >= 15 is 0 Å². The van der Waals surface area contributed by atoms with Crippen LogP contribution in [0.4, 0.5) is 24.1 Å². The van der Waals surface area contributed by atoms with Crippen molar-refractivity contribution < 1.29 is 26.8 Å². The van der Waals surface area contributed by atoms with Crippen LogP contribution in [0, 0.1) is 16.7 Å². The van der Waals surface area contributed by atoms with Gasteiger partial charge in [-0.3, -0.25) is 4.90 Å². The van der Waals surface area contributed by atoms with Crippen molar-refractivity contribution in [2.24, 2.45) is 0 Å². The molecule has 0 spiro atoms. The number of allylic oxidation sites excluding steroid dienone is 1. The minimum Gasteiger partial charge on any atom is -0.324 e. The summed E-state index contributed by atoms with van der Waals surface area (Å²) >= 11 is 0. The van der Waals surface area contributed by atoms with Gasteiger partial charge >= 0.3 is 12.1 Å². The van der Waals surface area contributed by atoms with Gasteiger partial charge in [-0.05, 0) is 75.0 Å². The molecule has 2 fully saturated rings. The largest absolute Gasteiger partial charge is 0.337 e. The Labute approximate surface area is 255 Å². The maximum Gasteiger partial charge on any atom is 0.337 e. The number of halogens is 2. The fourth-order valence-electron chi connectivity index (χ4n) is 6.41. The summed E-state index contributed by atoms with van der Waals surface area (Å²) in [6.45, 7) is 4.19. The Kier molecular flexibility index (Phi) is 8.85. The van der Waals surface area contributed by atoms with Crippen LogP contribution in [-0.2, 0) is 9.84 Å². The number of sulfone groups is 1. The summed E-state index contributed by atoms with van der Waals surface area (Å²) < 4.78 is 53.2. The number of carbonyl (C=O) groups excluding carboxylic acids is 2. The quantitative estimate of drug-likeness (QED) is 0.424. The number of hydrogen-bond acceptors (Lipinski definition) is 7. The monoisotopic (exact) mass is 624 g/mol. The third-order valence-electron chi connectivity index (χ3n) is 8.65. The lowest BCUT2D eigenvalue weighted by Gasteiger charge is -2.44. The summed E-state index contributed by atoms with van der Waals surface area (Å²) in [6, 6.07) is 8.70. The second kappa shape index (κ2) is 12.5. The zero-order valence-electron chi connectivity index (χ0n) is 24.5. The second-order valence-electron chi connectivity index (χ2n) is 11.4. The van der Waals surface area contributed by atoms with Crippen LogP contribution in [0.15, 0.2) is 58.6 Å². The average Bonchev–Trinajstić information content (AvgIpc) is 3.55. The highest BCUT2D eigenvalue weighted by Gasteiger charge is 2.47. The third-order valence-corrected chi connectivity index (χ3v) is 9.80. The molecular weight excluding hydrogens is 590 g/mol. The molecule has 1 N–H and O–H groups in total. The minimum absolute atomic E-state index is 0.0311. The number of rotatable bonds is 6. The topological polar surface area (TPSA) is 129 Å². The molecule has 0 saturated carbocycles. The van der Waals surface area contributed by atoms with Crippen molar-refractivity contribution in [2.45, 2.75) is 56.0 Å². The summed E-state index contributed by atoms with van der Waals surface area (Å²) in [6.07, 6.45) is 2.79. The van der Waals surface area contributed by atoms with E-state index in [0.717, 1.165) is 54.3 Å². The summed E-state index contributed by atoms with van der Waals surface area (Å²) in [5.41, 5.74) is 0.0179. The number of nitrogens with zero attached hydrogens (tertiary/aromatic N) is 5. The smallest absolute Gasteiger partial charge is 0.324 e. The lowest BCUT2D eigenvalue weighted by molar-refractivity contribution is 0.110. The first kappa shape index (κ1) is 31.3. The van der Waals surface area contributed by atoms with Gasteiger partial charge in [-0.1, -0.05) is 24.3 Å². The standard InChI is InChI=1S/C31H34F2N6O4S/c1-20-26(19-35)28(25-9-8-21(18-34)16-27(25)44(2,42)43)39(31(41)38(20)24-7-5-6-22(17-24)29(32)33)30(40)37-14-10-23(11-15-37)36-12-3-4-13-36/h5-9,16-18,23,28-29,34H,3-4,10-15H2,1-2H3/t28-/m1/s1. The SMILES string of the molecule is CC1=C(C#N)[C@@H](c2ccc(C=N)cc2S(C)(=O)=O)N(C(=O)N2CCC(N3CCCC3)CC2)C(=O)N1c1cccc(C(F)F)c1. The van der Waals surface area contributed by atoms with Gasteiger partial charge in [-0.15, -0.1) is 0 Å². The highest BCUT2D eigenvalue weighted by molar-refractivity contribution is 7.90. The van der Waals surface area contributed by atoms with Gasteiger partial charge in [0.2, 0.25) is 0 Å². The summed E-state index contributed by atoms with van der Waals surface area (Å²) in [5.74, 6) is 0. The van der Waals surface area contributed by atoms with Crippen molar-refractivity contribution in [3.8, 4) is 6.07 Å². The molecule has 4 amide bonds. The van der Waals surface area contributed by atoms with Crippen LogP contribution >= 0.6 is 0 Å². The molecule has 0 radical (unpaired) electrons. The highest BCUT2D eigenvalue weighted by atomic mass is 32.2. The van der Waals surface area contributed by atoms with Crippen LogP contribution in [0.5, 0.6) is 0 Å². The van der Waals surface area contributed by atoms with Crippen LogP contribution in [0.1, 0.15) is 61.8 Å². The molecule has 0 unspecified atom stereocenters. The van der Waals surface area contributed by atoms with E-state index in [4.69, 9.17) is 5.41 Å². The van der Waals surface area contributed by atoms with Crippen molar-refractivity contribution in [3.63, 3.8) is 0 Å². The molecular formula is C31H34F2N6O4S. The van der Waals surface area contributed by atoms with Crippen LogP contribution in [0.25, 0.3) is 0 Å². The first-order valence-corrected chi connectivity index (χ1v) is 16.3. The molecule has 232 valence electrons. The van der Waals surface area contributed by atoms with E-state index in [1.54, 1.807) is 0 Å². The van der Waals surface area contributed by atoms with E-state index in [-0.39, 0.29) is 38.5 Å². The van der Waals surface area contributed by atoms with Gasteiger partial charge in [0.25, 0.3) is 6.43 Å². The number of anilines is 1. The summed E-state index contributed by atoms with van der Waals surface area (Å²) in [4.78, 5) is 34.4. The number of likely N-dealkylation sites (tertiary alicyclic amines) is 2. The van der Waals surface area contributed by atoms with Crippen LogP contribution in [0.2, 0.25) is 0 Å². The van der Waals surface area contributed by atoms with Crippen molar-refractivity contribution in [2.75, 3.05) is 37.3 Å². The van der Waals surface area contributed by atoms with Gasteiger partial charge in [-0.25, -0.2) is 31.7 Å². The maximum absolute atomic E-state index is 14.4. The lowest BCUT2D eigenvalue weighted by Crippen LogP contribution is -2.57. The van der Waals surface area contributed by atoms with Gasteiger partial charge in [-0.2, -0.15) is 5.26 Å². The number of imide groups is 1. The van der Waals surface area contributed by atoms with Crippen molar-refractivity contribution >= 4 is 33.8 Å². The fourth-order valence-corrected chi connectivity index (χ4v) is 7.37. The molecule has 2 aromatic carbocycles. The minimum atomic E-state index is -3.95. The molecule has 2 saturated heterocycles. The Bertz CT molecular complexity index is 1660. The molecule has 2 aromatic rings. The predicted molar refractivity (Wildman–Crippen MR) is 160 cm³/mol. The number of hydrogen-bond donors (Lipinski definition) is 1. The van der Waals surface area contributed by atoms with Gasteiger partial charge in [0.1, 0.15) is 6.04 Å². The normalized spacial score (nSPS) is 20.4. The first-order valence-electron chi connectivity index (χ1n) is 14.5. The molecule has 0 bridgehead atoms. The molecule has 5 rings (SSSR count). The van der Waals surface area contributed by atoms with E-state index in [2.05, 4.69) is 11.0 Å². The average molecular weight is 625 g/mol. The summed E-state index contributed by atoms with van der Waals surface area (Å²) in [5, 5.41) is 18.1. The molecule has 1 atom stereocenters. The number of carbonyl (C=O) groups is 2. The van der Waals surface area contributed by atoms with Crippen LogP contribution < -0.4 is 4.90 Å². The zero-order chi connectivity index (χ0) is 31.8. The number of amides is 4. The van der Waals surface area contributed by atoms with Crippen molar-refractivity contribution in [3.05, 3.63) is 70.4 Å². The predicted octanol–water partition coefficient (Wildman–Crippen LogP) is 5.49. The lowest BCUT2D eigenvalue weighted by atomic mass is 9.93. The number of nitriles is 1. The van der Waals surface area contributed by atoms with E-state index < -0.39 is 34.4 Å². The van der Waals surface area contributed by atoms with E-state index in [1.165, 1.54) is 48.2 Å². The number of alkyl halides is 2. The maximum atomic E-state index is 14.4. The van der Waals surface area contributed by atoms with Gasteiger partial charge in [0.05, 0.1) is 22.2 Å². The fraction of sp³-hybridized carbons (Fsp3) is 0.419. The molecule has 3 heterocycles. The number of piperidine rings is 1. The van der Waals surface area contributed by atoms with E-state index in [0.29, 0.717) is 32.0 Å².